The number of hydrogen-bond acceptors (Lipinski definition) is 7. The first-order valence-electron chi connectivity index (χ1n) is 8.64. The third-order valence-corrected chi connectivity index (χ3v) is 4.06. The molecule has 156 valence electrons. The van der Waals surface area contributed by atoms with E-state index in [2.05, 4.69) is 15.0 Å². The molecule has 1 aliphatic rings. The highest BCUT2D eigenvalue weighted by atomic mass is 19.4. The fourth-order valence-corrected chi connectivity index (χ4v) is 2.64. The van der Waals surface area contributed by atoms with Crippen molar-refractivity contribution in [2.45, 2.75) is 19.1 Å². The summed E-state index contributed by atoms with van der Waals surface area (Å²) in [6, 6.07) is 1.06. The molecule has 0 aliphatic carbocycles. The van der Waals surface area contributed by atoms with Gasteiger partial charge in [0.15, 0.2) is 11.6 Å². The summed E-state index contributed by atoms with van der Waals surface area (Å²) in [4.78, 5) is 26.2. The highest BCUT2D eigenvalue weighted by molar-refractivity contribution is 5.96. The zero-order chi connectivity index (χ0) is 21.2. The van der Waals surface area contributed by atoms with Gasteiger partial charge in [0.1, 0.15) is 6.61 Å². The SMILES string of the molecule is C[C@H](N)COc1ccnc(N2CCN(c3ncc(C(F)(F)F)cn3)C(=O)C2)c1F. The minimum Gasteiger partial charge on any atom is -0.489 e. The van der Waals surface area contributed by atoms with E-state index in [4.69, 9.17) is 10.5 Å². The molecule has 0 radical (unpaired) electrons. The second kappa shape index (κ2) is 8.15. The van der Waals surface area contributed by atoms with Crippen LogP contribution in [0, 0.1) is 5.82 Å². The molecular formula is C17H18F4N6O2. The highest BCUT2D eigenvalue weighted by Crippen LogP contribution is 2.29. The van der Waals surface area contributed by atoms with Gasteiger partial charge < -0.3 is 15.4 Å². The monoisotopic (exact) mass is 414 g/mol. The van der Waals surface area contributed by atoms with Gasteiger partial charge in [-0.05, 0) is 6.92 Å². The van der Waals surface area contributed by atoms with Gasteiger partial charge in [0.05, 0.1) is 12.1 Å². The van der Waals surface area contributed by atoms with Gasteiger partial charge in [-0.15, -0.1) is 0 Å². The predicted molar refractivity (Wildman–Crippen MR) is 94.9 cm³/mol. The molecule has 12 heteroatoms. The average molecular weight is 414 g/mol. The number of pyridine rings is 1. The molecule has 1 aliphatic heterocycles. The zero-order valence-electron chi connectivity index (χ0n) is 15.4. The molecule has 8 nitrogen and oxygen atoms in total. The summed E-state index contributed by atoms with van der Waals surface area (Å²) >= 11 is 0. The van der Waals surface area contributed by atoms with E-state index in [0.717, 1.165) is 4.90 Å². The van der Waals surface area contributed by atoms with Crippen LogP contribution >= 0.6 is 0 Å². The number of rotatable bonds is 5. The Labute approximate surface area is 163 Å². The first-order chi connectivity index (χ1) is 13.7. The number of alkyl halides is 3. The summed E-state index contributed by atoms with van der Waals surface area (Å²) in [5, 5.41) is 0. The molecule has 1 fully saturated rings. The Kier molecular flexibility index (Phi) is 5.82. The number of halogens is 4. The summed E-state index contributed by atoms with van der Waals surface area (Å²) in [5.74, 6) is -1.47. The Bertz CT molecular complexity index is 875. The van der Waals surface area contributed by atoms with Crippen LogP contribution in [-0.4, -0.2) is 53.1 Å². The van der Waals surface area contributed by atoms with Gasteiger partial charge in [0, 0.05) is 43.8 Å². The standard InChI is InChI=1S/C17H18F4N6O2/c1-10(22)9-29-12-2-3-23-15(14(12)18)26-4-5-27(13(28)8-26)16-24-6-11(7-25-16)17(19,20)21/h2-3,6-7,10H,4-5,8-9,22H2,1H3/t10-/m0/s1. The number of amides is 1. The van der Waals surface area contributed by atoms with E-state index in [-0.39, 0.29) is 49.8 Å². The molecule has 29 heavy (non-hydrogen) atoms. The van der Waals surface area contributed by atoms with Crippen LogP contribution in [0.3, 0.4) is 0 Å². The van der Waals surface area contributed by atoms with Crippen molar-refractivity contribution in [2.24, 2.45) is 5.73 Å². The number of piperazine rings is 1. The lowest BCUT2D eigenvalue weighted by molar-refractivity contribution is -0.138. The molecule has 2 aromatic heterocycles. The van der Waals surface area contributed by atoms with Crippen LogP contribution in [0.15, 0.2) is 24.7 Å². The van der Waals surface area contributed by atoms with Crippen molar-refractivity contribution in [2.75, 3.05) is 36.0 Å². The van der Waals surface area contributed by atoms with Crippen molar-refractivity contribution in [1.29, 1.82) is 0 Å². The molecule has 0 spiro atoms. The van der Waals surface area contributed by atoms with Crippen molar-refractivity contribution in [3.8, 4) is 5.75 Å². The Morgan fingerprint density at radius 1 is 1.24 bits per heavy atom. The van der Waals surface area contributed by atoms with Crippen LogP contribution in [-0.2, 0) is 11.0 Å². The lowest BCUT2D eigenvalue weighted by atomic mass is 10.3. The number of carbonyl (C=O) groups is 1. The summed E-state index contributed by atoms with van der Waals surface area (Å²) in [5.41, 5.74) is 4.58. The van der Waals surface area contributed by atoms with Crippen molar-refractivity contribution < 1.29 is 27.1 Å². The second-order valence-electron chi connectivity index (χ2n) is 6.47. The minimum atomic E-state index is -4.57. The molecule has 0 bridgehead atoms. The third-order valence-electron chi connectivity index (χ3n) is 4.06. The number of hydrogen-bond donors (Lipinski definition) is 1. The van der Waals surface area contributed by atoms with E-state index in [9.17, 15) is 22.4 Å². The van der Waals surface area contributed by atoms with Gasteiger partial charge in [-0.25, -0.2) is 15.0 Å². The van der Waals surface area contributed by atoms with Crippen LogP contribution in [0.1, 0.15) is 12.5 Å². The molecule has 1 saturated heterocycles. The van der Waals surface area contributed by atoms with Gasteiger partial charge in [-0.3, -0.25) is 9.69 Å². The van der Waals surface area contributed by atoms with Crippen molar-refractivity contribution in [1.82, 2.24) is 15.0 Å². The molecule has 3 rings (SSSR count). The van der Waals surface area contributed by atoms with E-state index >= 15 is 0 Å². The van der Waals surface area contributed by atoms with Gasteiger partial charge >= 0.3 is 6.18 Å². The zero-order valence-corrected chi connectivity index (χ0v) is 15.4. The van der Waals surface area contributed by atoms with E-state index in [1.54, 1.807) is 6.92 Å². The molecule has 3 heterocycles. The van der Waals surface area contributed by atoms with Crippen LogP contribution in [0.5, 0.6) is 5.75 Å². The van der Waals surface area contributed by atoms with Crippen LogP contribution in [0.2, 0.25) is 0 Å². The van der Waals surface area contributed by atoms with Gasteiger partial charge in [0.2, 0.25) is 17.7 Å². The van der Waals surface area contributed by atoms with E-state index in [1.165, 1.54) is 17.2 Å². The Morgan fingerprint density at radius 3 is 2.52 bits per heavy atom. The smallest absolute Gasteiger partial charge is 0.419 e. The fourth-order valence-electron chi connectivity index (χ4n) is 2.64. The Hall–Kier alpha value is -3.02. The van der Waals surface area contributed by atoms with Crippen molar-refractivity contribution in [3.05, 3.63) is 36.0 Å². The van der Waals surface area contributed by atoms with Crippen molar-refractivity contribution in [3.63, 3.8) is 0 Å². The average Bonchev–Trinajstić information content (AvgIpc) is 2.66. The van der Waals surface area contributed by atoms with Gasteiger partial charge in [0.25, 0.3) is 0 Å². The maximum Gasteiger partial charge on any atom is 0.419 e. The van der Waals surface area contributed by atoms with Crippen LogP contribution < -0.4 is 20.3 Å². The number of anilines is 2. The lowest BCUT2D eigenvalue weighted by Crippen LogP contribution is -2.51. The summed E-state index contributed by atoms with van der Waals surface area (Å²) < 4.78 is 57.9. The second-order valence-corrected chi connectivity index (χ2v) is 6.47. The van der Waals surface area contributed by atoms with E-state index < -0.39 is 23.5 Å². The summed E-state index contributed by atoms with van der Waals surface area (Å²) in [6.07, 6.45) is -1.99. The molecule has 2 aromatic rings. The summed E-state index contributed by atoms with van der Waals surface area (Å²) in [6.45, 7) is 1.80. The van der Waals surface area contributed by atoms with Crippen LogP contribution in [0.4, 0.5) is 29.3 Å². The maximum absolute atomic E-state index is 14.7. The van der Waals surface area contributed by atoms with Crippen LogP contribution in [0.25, 0.3) is 0 Å². The molecular weight excluding hydrogens is 396 g/mol. The lowest BCUT2D eigenvalue weighted by Gasteiger charge is -2.33. The number of aromatic nitrogens is 3. The molecule has 1 atom stereocenters. The number of ether oxygens (including phenoxy) is 1. The molecule has 1 amide bonds. The van der Waals surface area contributed by atoms with E-state index in [0.29, 0.717) is 12.4 Å². The maximum atomic E-state index is 14.7. The first-order valence-corrected chi connectivity index (χ1v) is 8.64. The predicted octanol–water partition coefficient (Wildman–Crippen LogP) is 1.61. The third kappa shape index (κ3) is 4.70. The normalized spacial score (nSPS) is 16.1. The van der Waals surface area contributed by atoms with Gasteiger partial charge in [-0.1, -0.05) is 0 Å². The Balaban J connectivity index is 1.72. The largest absolute Gasteiger partial charge is 0.489 e. The molecule has 0 unspecified atom stereocenters. The number of nitrogens with zero attached hydrogens (tertiary/aromatic N) is 5. The van der Waals surface area contributed by atoms with Gasteiger partial charge in [-0.2, -0.15) is 17.6 Å². The molecule has 0 saturated carbocycles. The molecule has 0 aromatic carbocycles. The molecule has 2 N–H and O–H groups in total. The topological polar surface area (TPSA) is 97.5 Å². The number of carbonyl (C=O) groups excluding carboxylic acids is 1. The minimum absolute atomic E-state index is 0.0340. The van der Waals surface area contributed by atoms with E-state index in [1.807, 2.05) is 0 Å². The fraction of sp³-hybridized carbons (Fsp3) is 0.412. The highest BCUT2D eigenvalue weighted by Gasteiger charge is 2.33. The Morgan fingerprint density at radius 2 is 1.93 bits per heavy atom. The first kappa shape index (κ1) is 20.7. The quantitative estimate of drug-likeness (QED) is 0.743. The summed E-state index contributed by atoms with van der Waals surface area (Å²) in [7, 11) is 0. The van der Waals surface area contributed by atoms with Crippen molar-refractivity contribution >= 4 is 17.7 Å². The number of nitrogens with two attached hydrogens (primary N) is 1.